The minimum atomic E-state index is -0.544. The number of allylic oxidation sites excluding steroid dienone is 2. The van der Waals surface area contributed by atoms with Crippen LogP contribution in [-0.2, 0) is 6.54 Å². The molecule has 0 aliphatic carbocycles. The molecule has 0 saturated heterocycles. The predicted molar refractivity (Wildman–Crippen MR) is 132 cm³/mol. The third-order valence-corrected chi connectivity index (χ3v) is 5.51. The number of rotatable bonds is 4. The number of aryl methyl sites for hydroxylation is 4. The highest BCUT2D eigenvalue weighted by molar-refractivity contribution is 5.99. The van der Waals surface area contributed by atoms with Crippen molar-refractivity contribution in [1.82, 2.24) is 14.9 Å². The van der Waals surface area contributed by atoms with Gasteiger partial charge in [-0.25, -0.2) is 4.98 Å². The van der Waals surface area contributed by atoms with Crippen LogP contribution in [-0.4, -0.2) is 15.5 Å². The molecule has 0 radical (unpaired) electrons. The Kier molecular flexibility index (Phi) is 6.55. The maximum absolute atomic E-state index is 13.4. The van der Waals surface area contributed by atoms with Crippen molar-refractivity contribution < 1.29 is 4.79 Å². The molecule has 3 rings (SSSR count). The third-order valence-electron chi connectivity index (χ3n) is 5.51. The van der Waals surface area contributed by atoms with Gasteiger partial charge in [-0.05, 0) is 45.4 Å². The molecule has 0 bridgehead atoms. The van der Waals surface area contributed by atoms with E-state index in [2.05, 4.69) is 16.4 Å². The average molecular weight is 443 g/mol. The van der Waals surface area contributed by atoms with Crippen LogP contribution in [0.15, 0.2) is 47.0 Å². The number of amides is 1. The number of carbonyl (C=O) groups is 1. The highest BCUT2D eigenvalue weighted by atomic mass is 16.2. The van der Waals surface area contributed by atoms with E-state index < -0.39 is 11.3 Å². The summed E-state index contributed by atoms with van der Waals surface area (Å²) in [4.78, 5) is 31.1. The Morgan fingerprint density at radius 1 is 1.12 bits per heavy atom. The number of benzene rings is 1. The molecular weight excluding hydrogens is 412 g/mol. The van der Waals surface area contributed by atoms with Crippen LogP contribution in [0.1, 0.15) is 60.4 Å². The van der Waals surface area contributed by atoms with Crippen molar-refractivity contribution in [2.45, 2.75) is 55.0 Å². The van der Waals surface area contributed by atoms with Crippen LogP contribution >= 0.6 is 0 Å². The number of pyridine rings is 2. The maximum Gasteiger partial charge on any atom is 0.260 e. The number of hydrogen-bond acceptors (Lipinski definition) is 4. The first-order valence-corrected chi connectivity index (χ1v) is 11.0. The fourth-order valence-electron chi connectivity index (χ4n) is 3.95. The molecule has 2 heterocycles. The van der Waals surface area contributed by atoms with E-state index in [0.717, 1.165) is 22.4 Å². The average Bonchev–Trinajstić information content (AvgIpc) is 2.72. The quantitative estimate of drug-likeness (QED) is 0.573. The molecular formula is C27H30N4O2. The van der Waals surface area contributed by atoms with Crippen molar-refractivity contribution in [2.75, 3.05) is 0 Å². The predicted octanol–water partition coefficient (Wildman–Crippen LogP) is 5.05. The van der Waals surface area contributed by atoms with E-state index in [0.29, 0.717) is 28.8 Å². The topological polar surface area (TPSA) is 87.8 Å². The summed E-state index contributed by atoms with van der Waals surface area (Å²) in [5, 5.41) is 13.4. The largest absolute Gasteiger partial charge is 0.332 e. The molecule has 0 atom stereocenters. The summed E-state index contributed by atoms with van der Waals surface area (Å²) >= 11 is 0. The fraction of sp³-hybridized carbons (Fsp3) is 0.333. The third kappa shape index (κ3) is 4.88. The summed E-state index contributed by atoms with van der Waals surface area (Å²) in [7, 11) is 0. The molecule has 1 aromatic carbocycles. The maximum atomic E-state index is 13.4. The standard InChI is InChI=1S/C27H30N4O2/c1-8-31-15-22(23(32)20-10-9-18(4)29-25(20)31)26(33)30-24(27(5,6)7)21(14-28)19-12-16(2)11-17(3)13-19/h9-13,15H,8H2,1-7H3,(H,30,33)/b24-21-. The zero-order valence-electron chi connectivity index (χ0n) is 20.3. The Morgan fingerprint density at radius 3 is 2.30 bits per heavy atom. The van der Waals surface area contributed by atoms with Crippen LogP contribution in [0.4, 0.5) is 0 Å². The van der Waals surface area contributed by atoms with E-state index in [1.807, 2.05) is 66.7 Å². The van der Waals surface area contributed by atoms with Gasteiger partial charge in [0, 0.05) is 29.5 Å². The summed E-state index contributed by atoms with van der Waals surface area (Å²) in [5.74, 6) is -0.535. The zero-order valence-corrected chi connectivity index (χ0v) is 20.3. The van der Waals surface area contributed by atoms with Gasteiger partial charge in [0.2, 0.25) is 5.43 Å². The molecule has 1 amide bonds. The Balaban J connectivity index is 2.19. The van der Waals surface area contributed by atoms with E-state index in [4.69, 9.17) is 0 Å². The summed E-state index contributed by atoms with van der Waals surface area (Å²) in [6.07, 6.45) is 1.55. The number of nitriles is 1. The second-order valence-electron chi connectivity index (χ2n) is 9.42. The molecule has 6 heteroatoms. The number of aromatic nitrogens is 2. The Bertz CT molecular complexity index is 1360. The van der Waals surface area contributed by atoms with Gasteiger partial charge >= 0.3 is 0 Å². The van der Waals surface area contributed by atoms with E-state index in [1.165, 1.54) is 0 Å². The van der Waals surface area contributed by atoms with Crippen molar-refractivity contribution in [3.63, 3.8) is 0 Å². The molecule has 0 aliphatic heterocycles. The van der Waals surface area contributed by atoms with E-state index in [-0.39, 0.29) is 11.0 Å². The highest BCUT2D eigenvalue weighted by Crippen LogP contribution is 2.31. The lowest BCUT2D eigenvalue weighted by Crippen LogP contribution is -2.34. The lowest BCUT2D eigenvalue weighted by Gasteiger charge is -2.26. The minimum absolute atomic E-state index is 0.0227. The van der Waals surface area contributed by atoms with Gasteiger partial charge in [-0.1, -0.05) is 50.1 Å². The van der Waals surface area contributed by atoms with E-state index in [9.17, 15) is 14.9 Å². The summed E-state index contributed by atoms with van der Waals surface area (Å²) in [5.41, 5.74) is 4.11. The second kappa shape index (κ2) is 9.03. The fourth-order valence-corrected chi connectivity index (χ4v) is 3.95. The molecule has 6 nitrogen and oxygen atoms in total. The van der Waals surface area contributed by atoms with Gasteiger partial charge in [0.25, 0.3) is 5.91 Å². The Hall–Kier alpha value is -3.72. The number of fused-ring (bicyclic) bond motifs is 1. The molecule has 3 aromatic rings. The summed E-state index contributed by atoms with van der Waals surface area (Å²) in [6.45, 7) is 14.1. The summed E-state index contributed by atoms with van der Waals surface area (Å²) in [6, 6.07) is 11.6. The molecule has 2 aromatic heterocycles. The van der Waals surface area contributed by atoms with Crippen LogP contribution in [0.5, 0.6) is 0 Å². The van der Waals surface area contributed by atoms with Gasteiger partial charge in [0.1, 0.15) is 17.3 Å². The number of carbonyl (C=O) groups excluding carboxylic acids is 1. The van der Waals surface area contributed by atoms with Crippen LogP contribution in [0.25, 0.3) is 16.6 Å². The van der Waals surface area contributed by atoms with Crippen molar-refractivity contribution in [2.24, 2.45) is 5.41 Å². The molecule has 0 aliphatic rings. The van der Waals surface area contributed by atoms with Crippen molar-refractivity contribution in [3.8, 4) is 6.07 Å². The van der Waals surface area contributed by atoms with Gasteiger partial charge in [0.05, 0.1) is 11.0 Å². The van der Waals surface area contributed by atoms with Crippen molar-refractivity contribution in [3.05, 3.63) is 80.4 Å². The number of nitrogens with zero attached hydrogens (tertiary/aromatic N) is 3. The Labute approximate surface area is 194 Å². The number of nitrogens with one attached hydrogen (secondary N) is 1. The molecule has 0 spiro atoms. The number of hydrogen-bond donors (Lipinski definition) is 1. The highest BCUT2D eigenvalue weighted by Gasteiger charge is 2.26. The van der Waals surface area contributed by atoms with Crippen LogP contribution in [0, 0.1) is 37.5 Å². The Morgan fingerprint density at radius 2 is 1.76 bits per heavy atom. The SMILES string of the molecule is CCn1cc(C(=O)N/C(=C(/C#N)c2cc(C)cc(C)c2)C(C)(C)C)c(=O)c2ccc(C)nc21. The normalized spacial score (nSPS) is 12.3. The second-order valence-corrected chi connectivity index (χ2v) is 9.42. The minimum Gasteiger partial charge on any atom is -0.332 e. The van der Waals surface area contributed by atoms with Crippen LogP contribution in [0.2, 0.25) is 0 Å². The lowest BCUT2D eigenvalue weighted by molar-refractivity contribution is 0.0956. The monoisotopic (exact) mass is 442 g/mol. The van der Waals surface area contributed by atoms with Gasteiger partial charge in [-0.15, -0.1) is 0 Å². The van der Waals surface area contributed by atoms with Gasteiger partial charge in [-0.3, -0.25) is 9.59 Å². The van der Waals surface area contributed by atoms with E-state index >= 15 is 0 Å². The van der Waals surface area contributed by atoms with Crippen LogP contribution < -0.4 is 10.7 Å². The summed E-state index contributed by atoms with van der Waals surface area (Å²) < 4.78 is 1.80. The first-order chi connectivity index (χ1) is 15.5. The van der Waals surface area contributed by atoms with Gasteiger partial charge < -0.3 is 9.88 Å². The van der Waals surface area contributed by atoms with Gasteiger partial charge in [-0.2, -0.15) is 5.26 Å². The molecule has 0 saturated carbocycles. The molecule has 1 N–H and O–H groups in total. The van der Waals surface area contributed by atoms with Gasteiger partial charge in [0.15, 0.2) is 0 Å². The first kappa shape index (κ1) is 23.9. The van der Waals surface area contributed by atoms with Crippen molar-refractivity contribution >= 4 is 22.5 Å². The first-order valence-electron chi connectivity index (χ1n) is 11.0. The van der Waals surface area contributed by atoms with Crippen LogP contribution in [0.3, 0.4) is 0 Å². The van der Waals surface area contributed by atoms with E-state index in [1.54, 1.807) is 22.9 Å². The van der Waals surface area contributed by atoms with Crippen molar-refractivity contribution in [1.29, 1.82) is 5.26 Å². The molecule has 170 valence electrons. The smallest absolute Gasteiger partial charge is 0.260 e. The molecule has 0 unspecified atom stereocenters. The lowest BCUT2D eigenvalue weighted by atomic mass is 9.86. The molecule has 0 fully saturated rings. The zero-order chi connectivity index (χ0) is 24.5. The molecule has 33 heavy (non-hydrogen) atoms.